The molecule has 112 valence electrons. The van der Waals surface area contributed by atoms with Gasteiger partial charge in [-0.25, -0.2) is 4.98 Å². The number of benzene rings is 1. The molecule has 3 rings (SSSR count). The molecular formula is C16H19ClN2O2. The maximum atomic E-state index is 12.6. The molecule has 0 aliphatic heterocycles. The van der Waals surface area contributed by atoms with Crippen molar-refractivity contribution in [3.63, 3.8) is 0 Å². The van der Waals surface area contributed by atoms with Crippen molar-refractivity contribution in [3.05, 3.63) is 29.0 Å². The fraction of sp³-hybridized carbons (Fsp3) is 0.500. The van der Waals surface area contributed by atoms with Crippen LogP contribution in [0.15, 0.2) is 18.2 Å². The summed E-state index contributed by atoms with van der Waals surface area (Å²) < 4.78 is 7.30. The lowest BCUT2D eigenvalue weighted by molar-refractivity contribution is -0.150. The minimum atomic E-state index is -0.618. The Kier molecular flexibility index (Phi) is 3.66. The van der Waals surface area contributed by atoms with Crippen molar-refractivity contribution in [2.24, 2.45) is 7.05 Å². The quantitative estimate of drug-likeness (QED) is 0.814. The van der Waals surface area contributed by atoms with Gasteiger partial charge in [0.25, 0.3) is 0 Å². The molecule has 1 fully saturated rings. The number of aryl methyl sites for hydroxylation is 1. The van der Waals surface area contributed by atoms with E-state index in [0.29, 0.717) is 11.6 Å². The summed E-state index contributed by atoms with van der Waals surface area (Å²) in [6.07, 6.45) is 3.63. The molecule has 0 unspecified atom stereocenters. The van der Waals surface area contributed by atoms with E-state index in [0.717, 1.165) is 42.5 Å². The van der Waals surface area contributed by atoms with Crippen LogP contribution in [0.4, 0.5) is 0 Å². The second kappa shape index (κ2) is 5.34. The molecule has 0 atom stereocenters. The summed E-state index contributed by atoms with van der Waals surface area (Å²) in [6.45, 7) is 2.23. The van der Waals surface area contributed by atoms with Gasteiger partial charge in [-0.2, -0.15) is 0 Å². The van der Waals surface area contributed by atoms with Gasteiger partial charge in [0.05, 0.1) is 22.7 Å². The molecular weight excluding hydrogens is 288 g/mol. The number of esters is 1. The van der Waals surface area contributed by atoms with Gasteiger partial charge in [-0.1, -0.05) is 30.5 Å². The molecule has 1 aromatic heterocycles. The fourth-order valence-electron chi connectivity index (χ4n) is 3.42. The molecule has 5 heteroatoms. The Hall–Kier alpha value is -1.55. The third-order valence-corrected chi connectivity index (χ3v) is 4.70. The number of nitrogens with zero attached hydrogens (tertiary/aromatic N) is 2. The molecule has 1 heterocycles. The molecule has 0 saturated heterocycles. The summed E-state index contributed by atoms with van der Waals surface area (Å²) in [4.78, 5) is 17.3. The smallest absolute Gasteiger partial charge is 0.319 e. The van der Waals surface area contributed by atoms with Crippen molar-refractivity contribution in [1.29, 1.82) is 0 Å². The largest absolute Gasteiger partial charge is 0.465 e. The van der Waals surface area contributed by atoms with Crippen molar-refractivity contribution in [2.75, 3.05) is 6.61 Å². The van der Waals surface area contributed by atoms with Crippen LogP contribution in [0.5, 0.6) is 0 Å². The van der Waals surface area contributed by atoms with Gasteiger partial charge >= 0.3 is 5.97 Å². The third-order valence-electron chi connectivity index (χ3n) is 4.40. The number of para-hydroxylation sites is 1. The van der Waals surface area contributed by atoms with Crippen LogP contribution in [0, 0.1) is 0 Å². The summed E-state index contributed by atoms with van der Waals surface area (Å²) in [5.74, 6) is 0.624. The van der Waals surface area contributed by atoms with E-state index < -0.39 is 5.41 Å². The Labute approximate surface area is 129 Å². The first kappa shape index (κ1) is 14.4. The highest BCUT2D eigenvalue weighted by atomic mass is 35.5. The summed E-state index contributed by atoms with van der Waals surface area (Å²) in [5, 5.41) is 0.658. The lowest BCUT2D eigenvalue weighted by Crippen LogP contribution is -2.37. The van der Waals surface area contributed by atoms with Crippen LogP contribution < -0.4 is 0 Å². The predicted molar refractivity (Wildman–Crippen MR) is 82.5 cm³/mol. The van der Waals surface area contributed by atoms with Gasteiger partial charge in [0, 0.05) is 7.05 Å². The Morgan fingerprint density at radius 3 is 2.76 bits per heavy atom. The van der Waals surface area contributed by atoms with Gasteiger partial charge in [0.15, 0.2) is 0 Å². The Morgan fingerprint density at radius 1 is 1.43 bits per heavy atom. The number of hydrogen-bond donors (Lipinski definition) is 0. The van der Waals surface area contributed by atoms with Gasteiger partial charge in [-0.15, -0.1) is 0 Å². The van der Waals surface area contributed by atoms with Gasteiger partial charge < -0.3 is 9.30 Å². The Bertz CT molecular complexity index is 687. The highest BCUT2D eigenvalue weighted by Gasteiger charge is 2.47. The number of imidazole rings is 1. The standard InChI is InChI=1S/C16H19ClN2O2/c1-3-21-15(20)16(9-4-5-10-16)14-18-12-8-6-7-11(17)13(12)19(14)2/h6-8H,3-5,9-10H2,1-2H3. The zero-order valence-electron chi connectivity index (χ0n) is 12.4. The maximum absolute atomic E-state index is 12.6. The molecule has 4 nitrogen and oxygen atoms in total. The molecule has 1 aliphatic rings. The summed E-state index contributed by atoms with van der Waals surface area (Å²) >= 11 is 6.29. The van der Waals surface area contributed by atoms with Gasteiger partial charge in [0.2, 0.25) is 0 Å². The molecule has 0 amide bonds. The summed E-state index contributed by atoms with van der Waals surface area (Å²) in [5.41, 5.74) is 1.09. The number of carbonyl (C=O) groups is 1. The van der Waals surface area contributed by atoms with Gasteiger partial charge in [-0.3, -0.25) is 4.79 Å². The second-order valence-corrected chi connectivity index (χ2v) is 6.02. The highest BCUT2D eigenvalue weighted by Crippen LogP contribution is 2.43. The predicted octanol–water partition coefficient (Wildman–Crippen LogP) is 3.60. The van der Waals surface area contributed by atoms with Crippen molar-refractivity contribution in [1.82, 2.24) is 9.55 Å². The van der Waals surface area contributed by atoms with Crippen LogP contribution in [0.3, 0.4) is 0 Å². The van der Waals surface area contributed by atoms with Crippen LogP contribution in [0.2, 0.25) is 5.02 Å². The van der Waals surface area contributed by atoms with E-state index in [4.69, 9.17) is 21.3 Å². The second-order valence-electron chi connectivity index (χ2n) is 5.61. The molecule has 21 heavy (non-hydrogen) atoms. The van der Waals surface area contributed by atoms with E-state index in [9.17, 15) is 4.79 Å². The molecule has 0 spiro atoms. The number of halogens is 1. The van der Waals surface area contributed by atoms with Crippen LogP contribution in [-0.2, 0) is 22.0 Å². The first-order valence-electron chi connectivity index (χ1n) is 7.39. The minimum absolute atomic E-state index is 0.156. The van der Waals surface area contributed by atoms with E-state index >= 15 is 0 Å². The molecule has 0 radical (unpaired) electrons. The van der Waals surface area contributed by atoms with Crippen molar-refractivity contribution < 1.29 is 9.53 Å². The Balaban J connectivity index is 2.19. The van der Waals surface area contributed by atoms with Crippen LogP contribution in [0.1, 0.15) is 38.4 Å². The lowest BCUT2D eigenvalue weighted by Gasteiger charge is -2.25. The Morgan fingerprint density at radius 2 is 2.14 bits per heavy atom. The molecule has 1 aliphatic carbocycles. The number of rotatable bonds is 3. The van der Waals surface area contributed by atoms with Crippen LogP contribution in [-0.4, -0.2) is 22.1 Å². The van der Waals surface area contributed by atoms with E-state index in [1.165, 1.54) is 0 Å². The van der Waals surface area contributed by atoms with Crippen molar-refractivity contribution in [2.45, 2.75) is 38.0 Å². The minimum Gasteiger partial charge on any atom is -0.465 e. The summed E-state index contributed by atoms with van der Waals surface area (Å²) in [7, 11) is 1.93. The average Bonchev–Trinajstić information content (AvgIpc) is 3.06. The topological polar surface area (TPSA) is 44.1 Å². The number of ether oxygens (including phenoxy) is 1. The first-order valence-corrected chi connectivity index (χ1v) is 7.76. The van der Waals surface area contributed by atoms with Crippen molar-refractivity contribution in [3.8, 4) is 0 Å². The monoisotopic (exact) mass is 306 g/mol. The fourth-order valence-corrected chi connectivity index (χ4v) is 3.71. The molecule has 2 aromatic rings. The first-order chi connectivity index (χ1) is 10.1. The number of hydrogen-bond acceptors (Lipinski definition) is 3. The van der Waals surface area contributed by atoms with Crippen LogP contribution in [0.25, 0.3) is 11.0 Å². The van der Waals surface area contributed by atoms with Gasteiger partial charge in [0.1, 0.15) is 11.2 Å². The zero-order valence-corrected chi connectivity index (χ0v) is 13.1. The van der Waals surface area contributed by atoms with E-state index in [-0.39, 0.29) is 5.97 Å². The molecule has 1 aromatic carbocycles. The van der Waals surface area contributed by atoms with E-state index in [2.05, 4.69) is 0 Å². The highest BCUT2D eigenvalue weighted by molar-refractivity contribution is 6.35. The third kappa shape index (κ3) is 2.13. The SMILES string of the molecule is CCOC(=O)C1(c2nc3cccc(Cl)c3n2C)CCCC1. The molecule has 0 bridgehead atoms. The molecule has 0 N–H and O–H groups in total. The summed E-state index contributed by atoms with van der Waals surface area (Å²) in [6, 6.07) is 5.66. The normalized spacial score (nSPS) is 17.3. The maximum Gasteiger partial charge on any atom is 0.319 e. The van der Waals surface area contributed by atoms with E-state index in [1.54, 1.807) is 0 Å². The number of aromatic nitrogens is 2. The molecule has 1 saturated carbocycles. The number of fused-ring (bicyclic) bond motifs is 1. The van der Waals surface area contributed by atoms with Crippen LogP contribution >= 0.6 is 11.6 Å². The zero-order chi connectivity index (χ0) is 15.0. The van der Waals surface area contributed by atoms with Crippen molar-refractivity contribution >= 4 is 28.6 Å². The average molecular weight is 307 g/mol. The van der Waals surface area contributed by atoms with E-state index in [1.807, 2.05) is 36.7 Å². The number of carbonyl (C=O) groups excluding carboxylic acids is 1. The lowest BCUT2D eigenvalue weighted by atomic mass is 9.85. The van der Waals surface area contributed by atoms with Gasteiger partial charge in [-0.05, 0) is 31.9 Å².